The van der Waals surface area contributed by atoms with Gasteiger partial charge >= 0.3 is 6.18 Å². The first-order valence-electron chi connectivity index (χ1n) is 12.7. The molecule has 39 heavy (non-hydrogen) atoms. The van der Waals surface area contributed by atoms with Gasteiger partial charge in [-0.25, -0.2) is 0 Å². The van der Waals surface area contributed by atoms with Crippen molar-refractivity contribution in [1.29, 1.82) is 0 Å². The van der Waals surface area contributed by atoms with Crippen molar-refractivity contribution >= 4 is 29.3 Å². The number of nitrogens with zero attached hydrogens (tertiary/aromatic N) is 3. The Bertz CT molecular complexity index is 1310. The van der Waals surface area contributed by atoms with Crippen molar-refractivity contribution in [2.45, 2.75) is 37.6 Å². The summed E-state index contributed by atoms with van der Waals surface area (Å²) >= 11 is 0. The number of carbonyl (C=O) groups excluding carboxylic acids is 4. The number of amides is 4. The highest BCUT2D eigenvalue weighted by molar-refractivity contribution is 6.06. The van der Waals surface area contributed by atoms with E-state index < -0.39 is 41.9 Å². The summed E-state index contributed by atoms with van der Waals surface area (Å²) in [6.45, 7) is 3.29. The average Bonchev–Trinajstić information content (AvgIpc) is 3.22. The van der Waals surface area contributed by atoms with Crippen LogP contribution in [0.15, 0.2) is 42.5 Å². The van der Waals surface area contributed by atoms with Crippen molar-refractivity contribution < 1.29 is 32.3 Å². The lowest BCUT2D eigenvalue weighted by Gasteiger charge is -2.34. The van der Waals surface area contributed by atoms with E-state index in [0.717, 1.165) is 31.9 Å². The second-order valence-corrected chi connectivity index (χ2v) is 10.1. The molecule has 3 aliphatic heterocycles. The first-order chi connectivity index (χ1) is 18.5. The zero-order valence-electron chi connectivity index (χ0n) is 21.3. The normalized spacial score (nSPS) is 21.0. The zero-order valence-corrected chi connectivity index (χ0v) is 21.3. The maximum atomic E-state index is 14.0. The third kappa shape index (κ3) is 5.47. The minimum atomic E-state index is -4.74. The molecule has 2 N–H and O–H groups in total. The van der Waals surface area contributed by atoms with Crippen LogP contribution in [0.4, 0.5) is 18.9 Å². The van der Waals surface area contributed by atoms with Crippen LogP contribution in [0.5, 0.6) is 0 Å². The molecule has 0 aromatic heterocycles. The third-order valence-electron chi connectivity index (χ3n) is 7.48. The van der Waals surface area contributed by atoms with Crippen molar-refractivity contribution in [3.63, 3.8) is 0 Å². The summed E-state index contributed by atoms with van der Waals surface area (Å²) in [6.07, 6.45) is -4.46. The number of imide groups is 1. The van der Waals surface area contributed by atoms with Gasteiger partial charge in [-0.3, -0.25) is 24.5 Å². The Hall–Kier alpha value is -3.93. The number of nitrogens with one attached hydrogen (secondary N) is 2. The highest BCUT2D eigenvalue weighted by atomic mass is 19.4. The number of carbonyl (C=O) groups is 4. The van der Waals surface area contributed by atoms with E-state index in [1.54, 1.807) is 12.1 Å². The Morgan fingerprint density at radius 2 is 1.72 bits per heavy atom. The van der Waals surface area contributed by atoms with Gasteiger partial charge in [-0.2, -0.15) is 13.2 Å². The molecule has 2 aromatic rings. The van der Waals surface area contributed by atoms with Gasteiger partial charge in [0, 0.05) is 56.0 Å². The molecule has 9 nitrogen and oxygen atoms in total. The first kappa shape index (κ1) is 26.7. The van der Waals surface area contributed by atoms with Crippen LogP contribution in [0.1, 0.15) is 50.7 Å². The van der Waals surface area contributed by atoms with Gasteiger partial charge in [0.15, 0.2) is 6.04 Å². The van der Waals surface area contributed by atoms with E-state index in [9.17, 15) is 32.3 Å². The van der Waals surface area contributed by atoms with Gasteiger partial charge < -0.3 is 20.0 Å². The fourth-order valence-corrected chi connectivity index (χ4v) is 5.23. The molecule has 206 valence electrons. The highest BCUT2D eigenvalue weighted by Gasteiger charge is 2.43. The van der Waals surface area contributed by atoms with E-state index in [0.29, 0.717) is 5.56 Å². The molecule has 0 bridgehead atoms. The number of piperazine rings is 1. The molecule has 5 rings (SSSR count). The van der Waals surface area contributed by atoms with Gasteiger partial charge in [-0.1, -0.05) is 12.1 Å². The largest absolute Gasteiger partial charge is 0.412 e. The van der Waals surface area contributed by atoms with Crippen LogP contribution >= 0.6 is 0 Å². The molecule has 0 radical (unpaired) electrons. The molecule has 2 unspecified atom stereocenters. The van der Waals surface area contributed by atoms with E-state index >= 15 is 0 Å². The molecular formula is C27H28F3N5O4. The molecule has 0 spiro atoms. The Labute approximate surface area is 222 Å². The summed E-state index contributed by atoms with van der Waals surface area (Å²) < 4.78 is 42.1. The van der Waals surface area contributed by atoms with Crippen LogP contribution in [0.25, 0.3) is 0 Å². The zero-order chi connectivity index (χ0) is 27.9. The predicted octanol–water partition coefficient (Wildman–Crippen LogP) is 2.23. The van der Waals surface area contributed by atoms with E-state index in [2.05, 4.69) is 20.4 Å². The monoisotopic (exact) mass is 543 g/mol. The second-order valence-electron chi connectivity index (χ2n) is 10.1. The summed E-state index contributed by atoms with van der Waals surface area (Å²) in [5.74, 6) is -2.35. The topological polar surface area (TPSA) is 102 Å². The molecule has 3 aliphatic rings. The van der Waals surface area contributed by atoms with Crippen molar-refractivity contribution in [1.82, 2.24) is 20.4 Å². The number of hydrogen-bond acceptors (Lipinski definition) is 6. The van der Waals surface area contributed by atoms with Gasteiger partial charge in [0.25, 0.3) is 11.8 Å². The van der Waals surface area contributed by atoms with E-state index in [-0.39, 0.29) is 36.1 Å². The molecule has 4 amide bonds. The standard InChI is InChI=1S/C27H28F3N5O4/c1-33-10-12-34(13-11-33)19-5-2-16(3-6-19)23(27(28,29)30)32-24(37)17-4-7-20-18(14-17)15-35(26(20)39)21-8-9-22(36)31-25(21)38/h2-7,14,21,23H,8-13,15H2,1H3,(H,32,37)(H,31,36,38). The maximum Gasteiger partial charge on any atom is 0.412 e. The Balaban J connectivity index is 1.30. The molecule has 0 saturated carbocycles. The van der Waals surface area contributed by atoms with Crippen molar-refractivity contribution in [2.75, 3.05) is 38.1 Å². The number of likely N-dealkylation sites (N-methyl/N-ethyl adjacent to an activating group) is 1. The fourth-order valence-electron chi connectivity index (χ4n) is 5.23. The fraction of sp³-hybridized carbons (Fsp3) is 0.407. The number of fused-ring (bicyclic) bond motifs is 1. The Kier molecular flexibility index (Phi) is 7.06. The highest BCUT2D eigenvalue weighted by Crippen LogP contribution is 2.34. The van der Waals surface area contributed by atoms with Crippen LogP contribution < -0.4 is 15.5 Å². The molecular weight excluding hydrogens is 515 g/mol. The first-order valence-corrected chi connectivity index (χ1v) is 12.7. The van der Waals surface area contributed by atoms with Crippen LogP contribution in [-0.2, 0) is 16.1 Å². The van der Waals surface area contributed by atoms with Gasteiger partial charge in [0.1, 0.15) is 6.04 Å². The van der Waals surface area contributed by atoms with Gasteiger partial charge in [-0.05, 0) is 54.9 Å². The SMILES string of the molecule is CN1CCN(c2ccc(C(NC(=O)c3ccc4c(c3)CN(C3CCC(=O)NC3=O)C4=O)C(F)(F)F)cc2)CC1. The lowest BCUT2D eigenvalue weighted by atomic mass is 10.0. The summed E-state index contributed by atoms with van der Waals surface area (Å²) in [7, 11) is 2.02. The smallest absolute Gasteiger partial charge is 0.369 e. The molecule has 2 fully saturated rings. The lowest BCUT2D eigenvalue weighted by molar-refractivity contribution is -0.155. The maximum absolute atomic E-state index is 14.0. The number of benzene rings is 2. The van der Waals surface area contributed by atoms with Crippen LogP contribution in [-0.4, -0.2) is 78.9 Å². The Morgan fingerprint density at radius 1 is 1.03 bits per heavy atom. The van der Waals surface area contributed by atoms with Gasteiger partial charge in [0.2, 0.25) is 11.8 Å². The van der Waals surface area contributed by atoms with Crippen LogP contribution in [0.3, 0.4) is 0 Å². The number of anilines is 1. The summed E-state index contributed by atoms with van der Waals surface area (Å²) in [5, 5.41) is 4.31. The number of alkyl halides is 3. The lowest BCUT2D eigenvalue weighted by Crippen LogP contribution is -2.52. The summed E-state index contributed by atoms with van der Waals surface area (Å²) in [5.41, 5.74) is 1.40. The number of rotatable bonds is 5. The van der Waals surface area contributed by atoms with Gasteiger partial charge in [-0.15, -0.1) is 0 Å². The minimum absolute atomic E-state index is 0.0119. The van der Waals surface area contributed by atoms with E-state index in [1.807, 2.05) is 7.05 Å². The van der Waals surface area contributed by atoms with Gasteiger partial charge in [0.05, 0.1) is 0 Å². The van der Waals surface area contributed by atoms with E-state index in [4.69, 9.17) is 0 Å². The average molecular weight is 544 g/mol. The second kappa shape index (κ2) is 10.3. The summed E-state index contributed by atoms with van der Waals surface area (Å²) in [4.78, 5) is 55.1. The molecule has 2 atom stereocenters. The summed E-state index contributed by atoms with van der Waals surface area (Å²) in [6, 6.07) is 7.03. The molecule has 0 aliphatic carbocycles. The quantitative estimate of drug-likeness (QED) is 0.561. The third-order valence-corrected chi connectivity index (χ3v) is 7.48. The van der Waals surface area contributed by atoms with Crippen molar-refractivity contribution in [3.8, 4) is 0 Å². The number of piperidine rings is 1. The molecule has 2 aromatic carbocycles. The number of halogens is 3. The minimum Gasteiger partial charge on any atom is -0.369 e. The predicted molar refractivity (Wildman–Crippen MR) is 135 cm³/mol. The molecule has 12 heteroatoms. The van der Waals surface area contributed by atoms with E-state index in [1.165, 1.54) is 35.2 Å². The molecule has 2 saturated heterocycles. The van der Waals surface area contributed by atoms with Crippen LogP contribution in [0.2, 0.25) is 0 Å². The Morgan fingerprint density at radius 3 is 2.36 bits per heavy atom. The van der Waals surface area contributed by atoms with Crippen molar-refractivity contribution in [2.24, 2.45) is 0 Å². The van der Waals surface area contributed by atoms with Crippen LogP contribution in [0, 0.1) is 0 Å². The molecule has 3 heterocycles. The number of hydrogen-bond donors (Lipinski definition) is 2. The van der Waals surface area contributed by atoms with Crippen molar-refractivity contribution in [3.05, 3.63) is 64.7 Å².